The summed E-state index contributed by atoms with van der Waals surface area (Å²) >= 11 is 0.862. The van der Waals surface area contributed by atoms with Gasteiger partial charge in [-0.2, -0.15) is 0 Å². The summed E-state index contributed by atoms with van der Waals surface area (Å²) in [6.07, 6.45) is 0. The number of amides is 1. The third-order valence-electron chi connectivity index (χ3n) is 0.722. The molecule has 0 aromatic rings. The lowest BCUT2D eigenvalue weighted by Crippen LogP contribution is -2.08. The summed E-state index contributed by atoms with van der Waals surface area (Å²) in [6, 6.07) is 0. The third-order valence-corrected chi connectivity index (χ3v) is 1.46. The predicted molar refractivity (Wildman–Crippen MR) is 33.0 cm³/mol. The van der Waals surface area contributed by atoms with Crippen LogP contribution in [-0.4, -0.2) is 10.3 Å². The lowest BCUT2D eigenvalue weighted by molar-refractivity contribution is 0.263. The number of carbonyl (C=O) groups excluding carboxylic acids is 1. The fourth-order valence-electron chi connectivity index (χ4n) is 0.360. The van der Waals surface area contributed by atoms with Gasteiger partial charge in [-0.05, 0) is 11.8 Å². The molecule has 0 unspecified atom stereocenters. The minimum absolute atomic E-state index is 0.208. The molecule has 1 aliphatic heterocycles. The molecule has 1 aliphatic rings. The van der Waals surface area contributed by atoms with Gasteiger partial charge in [0.1, 0.15) is 5.04 Å². The maximum atomic E-state index is 10.3. The average Bonchev–Trinajstić information content (AvgIpc) is 1.85. The second kappa shape index (κ2) is 1.63. The van der Waals surface area contributed by atoms with Crippen LogP contribution in [-0.2, 0) is 0 Å². The van der Waals surface area contributed by atoms with Crippen LogP contribution in [0.1, 0.15) is 0 Å². The van der Waals surface area contributed by atoms with E-state index in [0.29, 0.717) is 5.70 Å². The monoisotopic (exact) mass is 128 g/mol. The van der Waals surface area contributed by atoms with Crippen molar-refractivity contribution in [2.75, 3.05) is 0 Å². The highest BCUT2D eigenvalue weighted by Crippen LogP contribution is 2.16. The van der Waals surface area contributed by atoms with Crippen LogP contribution in [0, 0.1) is 5.41 Å². The molecule has 42 valence electrons. The highest BCUT2D eigenvalue weighted by atomic mass is 32.2. The van der Waals surface area contributed by atoms with E-state index in [1.807, 2.05) is 0 Å². The molecule has 0 aliphatic carbocycles. The minimum Gasteiger partial charge on any atom is -0.315 e. The molecule has 0 bridgehead atoms. The fraction of sp³-hybridized carbons (Fsp3) is 0. The summed E-state index contributed by atoms with van der Waals surface area (Å²) in [5.41, 5.74) is 0.403. The quantitative estimate of drug-likeness (QED) is 0.510. The summed E-state index contributed by atoms with van der Waals surface area (Å²) in [5, 5.41) is 9.35. The van der Waals surface area contributed by atoms with Crippen LogP contribution in [0.15, 0.2) is 12.3 Å². The lowest BCUT2D eigenvalue weighted by Gasteiger charge is -1.85. The van der Waals surface area contributed by atoms with Crippen LogP contribution < -0.4 is 5.32 Å². The topological polar surface area (TPSA) is 53.0 Å². The van der Waals surface area contributed by atoms with Crippen molar-refractivity contribution in [2.45, 2.75) is 0 Å². The van der Waals surface area contributed by atoms with E-state index in [1.165, 1.54) is 0 Å². The molecule has 1 rings (SSSR count). The van der Waals surface area contributed by atoms with Gasteiger partial charge < -0.3 is 5.32 Å². The maximum absolute atomic E-state index is 10.3. The summed E-state index contributed by atoms with van der Waals surface area (Å²) in [5.74, 6) is 0. The van der Waals surface area contributed by atoms with Crippen LogP contribution in [0.5, 0.6) is 0 Å². The van der Waals surface area contributed by atoms with E-state index in [0.717, 1.165) is 11.8 Å². The van der Waals surface area contributed by atoms with Crippen molar-refractivity contribution in [3.63, 3.8) is 0 Å². The predicted octanol–water partition coefficient (Wildman–Crippen LogP) is 0.934. The van der Waals surface area contributed by atoms with Crippen molar-refractivity contribution in [2.24, 2.45) is 0 Å². The van der Waals surface area contributed by atoms with Crippen molar-refractivity contribution >= 4 is 22.0 Å². The maximum Gasteiger partial charge on any atom is 0.289 e. The number of nitrogens with one attached hydrogen (secondary N) is 2. The Balaban J connectivity index is 2.79. The van der Waals surface area contributed by atoms with Crippen LogP contribution in [0.2, 0.25) is 0 Å². The fourth-order valence-corrected chi connectivity index (χ4v) is 0.894. The van der Waals surface area contributed by atoms with E-state index >= 15 is 0 Å². The molecule has 3 nitrogen and oxygen atoms in total. The number of hydrogen-bond donors (Lipinski definition) is 2. The summed E-state index contributed by atoms with van der Waals surface area (Å²) in [4.78, 5) is 10.3. The zero-order valence-corrected chi connectivity index (χ0v) is 4.84. The normalized spacial score (nSPS) is 19.2. The Morgan fingerprint density at radius 3 is 2.50 bits per heavy atom. The molecule has 0 aromatic heterocycles. The van der Waals surface area contributed by atoms with E-state index in [4.69, 9.17) is 5.41 Å². The van der Waals surface area contributed by atoms with E-state index in [2.05, 4.69) is 11.9 Å². The lowest BCUT2D eigenvalue weighted by atomic mass is 10.5. The van der Waals surface area contributed by atoms with Crippen LogP contribution >= 0.6 is 11.8 Å². The molecule has 0 saturated carbocycles. The first kappa shape index (κ1) is 5.37. The summed E-state index contributed by atoms with van der Waals surface area (Å²) < 4.78 is 0. The molecule has 2 N–H and O–H groups in total. The van der Waals surface area contributed by atoms with Gasteiger partial charge in [0.25, 0.3) is 5.24 Å². The first-order valence-corrected chi connectivity index (χ1v) is 2.78. The molecule has 0 aromatic carbocycles. The Morgan fingerprint density at radius 2 is 2.38 bits per heavy atom. The molecule has 0 radical (unpaired) electrons. The standard InChI is InChI=1S/C4H4N2OS/c1-2-3(5)8-4(7)6-2/h5H,1H2,(H,6,7). The Kier molecular flexibility index (Phi) is 1.09. The number of rotatable bonds is 0. The van der Waals surface area contributed by atoms with E-state index in [1.54, 1.807) is 0 Å². The summed E-state index contributed by atoms with van der Waals surface area (Å²) in [7, 11) is 0. The molecule has 1 heterocycles. The minimum atomic E-state index is -0.208. The van der Waals surface area contributed by atoms with Crippen molar-refractivity contribution in [3.8, 4) is 0 Å². The highest BCUT2D eigenvalue weighted by molar-refractivity contribution is 8.27. The highest BCUT2D eigenvalue weighted by Gasteiger charge is 2.18. The van der Waals surface area contributed by atoms with Gasteiger partial charge in [-0.25, -0.2) is 0 Å². The Bertz CT molecular complexity index is 157. The molecule has 0 spiro atoms. The van der Waals surface area contributed by atoms with E-state index in [-0.39, 0.29) is 10.3 Å². The van der Waals surface area contributed by atoms with Gasteiger partial charge in [0.05, 0.1) is 5.70 Å². The molecular formula is C4H4N2OS. The molecule has 0 atom stereocenters. The number of hydrogen-bond acceptors (Lipinski definition) is 3. The molecule has 1 saturated heterocycles. The molecular weight excluding hydrogens is 124 g/mol. The smallest absolute Gasteiger partial charge is 0.289 e. The third kappa shape index (κ3) is 0.742. The Hall–Kier alpha value is -0.770. The Labute approximate surface area is 50.7 Å². The molecule has 1 amide bonds. The van der Waals surface area contributed by atoms with Gasteiger partial charge in [-0.3, -0.25) is 10.2 Å². The van der Waals surface area contributed by atoms with E-state index < -0.39 is 0 Å². The summed E-state index contributed by atoms with van der Waals surface area (Å²) in [6.45, 7) is 3.41. The molecule has 8 heavy (non-hydrogen) atoms. The SMILES string of the molecule is C=C1NC(=O)SC1=N. The van der Waals surface area contributed by atoms with Gasteiger partial charge in [0.2, 0.25) is 0 Å². The van der Waals surface area contributed by atoms with Gasteiger partial charge in [0.15, 0.2) is 0 Å². The van der Waals surface area contributed by atoms with Crippen LogP contribution in [0.25, 0.3) is 0 Å². The van der Waals surface area contributed by atoms with E-state index in [9.17, 15) is 4.79 Å². The van der Waals surface area contributed by atoms with Crippen molar-refractivity contribution < 1.29 is 4.79 Å². The van der Waals surface area contributed by atoms with Gasteiger partial charge in [0, 0.05) is 0 Å². The van der Waals surface area contributed by atoms with Crippen molar-refractivity contribution in [1.82, 2.24) is 5.32 Å². The number of carbonyl (C=O) groups is 1. The average molecular weight is 128 g/mol. The van der Waals surface area contributed by atoms with Gasteiger partial charge >= 0.3 is 0 Å². The molecule has 4 heteroatoms. The zero-order chi connectivity index (χ0) is 6.15. The van der Waals surface area contributed by atoms with Crippen LogP contribution in [0.4, 0.5) is 4.79 Å². The van der Waals surface area contributed by atoms with Gasteiger partial charge in [-0.15, -0.1) is 0 Å². The zero-order valence-electron chi connectivity index (χ0n) is 4.02. The molecule has 1 fully saturated rings. The second-order valence-corrected chi connectivity index (χ2v) is 2.31. The number of thioether (sulfide) groups is 1. The van der Waals surface area contributed by atoms with Crippen LogP contribution in [0.3, 0.4) is 0 Å². The van der Waals surface area contributed by atoms with Gasteiger partial charge in [-0.1, -0.05) is 6.58 Å². The van der Waals surface area contributed by atoms with Crippen molar-refractivity contribution in [3.05, 3.63) is 12.3 Å². The first-order valence-electron chi connectivity index (χ1n) is 1.97. The second-order valence-electron chi connectivity index (χ2n) is 1.32. The Morgan fingerprint density at radius 1 is 1.75 bits per heavy atom. The van der Waals surface area contributed by atoms with Crippen molar-refractivity contribution in [1.29, 1.82) is 5.41 Å². The largest absolute Gasteiger partial charge is 0.315 e. The first-order chi connectivity index (χ1) is 3.70.